The lowest BCUT2D eigenvalue weighted by atomic mass is 10.0. The lowest BCUT2D eigenvalue weighted by Gasteiger charge is -2.18. The van der Waals surface area contributed by atoms with Crippen molar-refractivity contribution < 1.29 is 4.79 Å². The molecule has 0 N–H and O–H groups in total. The molecule has 1 aliphatic rings. The summed E-state index contributed by atoms with van der Waals surface area (Å²) in [7, 11) is 5.49. The minimum Gasteiger partial charge on any atom is -0.382 e. The number of fused-ring (bicyclic) bond motifs is 1. The van der Waals surface area contributed by atoms with Gasteiger partial charge >= 0.3 is 0 Å². The van der Waals surface area contributed by atoms with Crippen LogP contribution in [-0.4, -0.2) is 37.7 Å². The second-order valence-electron chi connectivity index (χ2n) is 5.83. The highest BCUT2D eigenvalue weighted by molar-refractivity contribution is 6.32. The van der Waals surface area contributed by atoms with Crippen LogP contribution >= 0.6 is 11.6 Å². The van der Waals surface area contributed by atoms with E-state index in [0.717, 1.165) is 22.5 Å². The summed E-state index contributed by atoms with van der Waals surface area (Å²) in [5.41, 5.74) is 3.68. The van der Waals surface area contributed by atoms with Crippen molar-refractivity contribution in [3.63, 3.8) is 0 Å². The standard InChI is InChI=1S/C19H18ClN3O/c1-22(2)12-16-19(24)23(3)17-10-9-14(20)11-15(17)18(21-16)13-7-5-4-6-8-13/h4-12H,1-3H3/b16-12-. The van der Waals surface area contributed by atoms with Crippen LogP contribution in [0.15, 0.2) is 65.4 Å². The first-order chi connectivity index (χ1) is 11.5. The molecule has 0 spiro atoms. The van der Waals surface area contributed by atoms with Crippen LogP contribution in [0.2, 0.25) is 5.02 Å². The van der Waals surface area contributed by atoms with E-state index in [4.69, 9.17) is 11.6 Å². The largest absolute Gasteiger partial charge is 0.382 e. The number of carbonyl (C=O) groups excluding carboxylic acids is 1. The fourth-order valence-corrected chi connectivity index (χ4v) is 2.82. The van der Waals surface area contributed by atoms with Gasteiger partial charge in [-0.1, -0.05) is 41.9 Å². The Labute approximate surface area is 146 Å². The maximum atomic E-state index is 12.8. The van der Waals surface area contributed by atoms with E-state index >= 15 is 0 Å². The van der Waals surface area contributed by atoms with Crippen LogP contribution in [0.4, 0.5) is 5.69 Å². The second-order valence-corrected chi connectivity index (χ2v) is 6.27. The number of amides is 1. The van der Waals surface area contributed by atoms with Crippen LogP contribution < -0.4 is 4.90 Å². The highest BCUT2D eigenvalue weighted by atomic mass is 35.5. The lowest BCUT2D eigenvalue weighted by molar-refractivity contribution is -0.114. The molecule has 4 nitrogen and oxygen atoms in total. The lowest BCUT2D eigenvalue weighted by Crippen LogP contribution is -2.27. The predicted octanol–water partition coefficient (Wildman–Crippen LogP) is 3.56. The van der Waals surface area contributed by atoms with E-state index in [1.54, 1.807) is 24.2 Å². The average Bonchev–Trinajstić information content (AvgIpc) is 2.66. The van der Waals surface area contributed by atoms with E-state index in [0.29, 0.717) is 10.7 Å². The van der Waals surface area contributed by atoms with Gasteiger partial charge in [-0.3, -0.25) is 4.79 Å². The molecule has 2 aromatic rings. The molecule has 0 fully saturated rings. The zero-order chi connectivity index (χ0) is 17.3. The molecule has 1 amide bonds. The van der Waals surface area contributed by atoms with Crippen LogP contribution in [0.1, 0.15) is 11.1 Å². The van der Waals surface area contributed by atoms with Gasteiger partial charge in [-0.15, -0.1) is 0 Å². The van der Waals surface area contributed by atoms with Crippen LogP contribution in [0.3, 0.4) is 0 Å². The molecule has 0 radical (unpaired) electrons. The Hall–Kier alpha value is -2.59. The minimum atomic E-state index is -0.154. The first-order valence-electron chi connectivity index (χ1n) is 7.57. The number of carbonyl (C=O) groups is 1. The Morgan fingerprint density at radius 2 is 1.83 bits per heavy atom. The monoisotopic (exact) mass is 339 g/mol. The van der Waals surface area contributed by atoms with Crippen molar-refractivity contribution in [3.05, 3.63) is 76.6 Å². The van der Waals surface area contributed by atoms with Gasteiger partial charge in [0.05, 0.1) is 11.4 Å². The third-order valence-electron chi connectivity index (χ3n) is 3.76. The Morgan fingerprint density at radius 1 is 1.12 bits per heavy atom. The zero-order valence-corrected chi connectivity index (χ0v) is 14.6. The summed E-state index contributed by atoms with van der Waals surface area (Å²) in [5.74, 6) is -0.154. The molecule has 0 aliphatic carbocycles. The second kappa shape index (κ2) is 6.49. The molecule has 2 aromatic carbocycles. The smallest absolute Gasteiger partial charge is 0.278 e. The quantitative estimate of drug-likeness (QED) is 0.784. The Balaban J connectivity index is 2.30. The molecule has 3 rings (SSSR count). The number of benzodiazepines with no additional fused rings is 1. The zero-order valence-electron chi connectivity index (χ0n) is 13.8. The van der Waals surface area contributed by atoms with E-state index in [1.165, 1.54) is 0 Å². The van der Waals surface area contributed by atoms with E-state index < -0.39 is 0 Å². The van der Waals surface area contributed by atoms with Crippen molar-refractivity contribution in [1.82, 2.24) is 4.90 Å². The molecule has 0 unspecified atom stereocenters. The molecule has 0 atom stereocenters. The molecule has 0 saturated carbocycles. The van der Waals surface area contributed by atoms with Crippen LogP contribution in [0.5, 0.6) is 0 Å². The van der Waals surface area contributed by atoms with Crippen molar-refractivity contribution in [2.75, 3.05) is 26.0 Å². The molecule has 122 valence electrons. The van der Waals surface area contributed by atoms with Gasteiger partial charge in [0, 0.05) is 43.5 Å². The van der Waals surface area contributed by atoms with E-state index in [-0.39, 0.29) is 5.91 Å². The Kier molecular flexibility index (Phi) is 4.40. The number of aliphatic imine (C=N–C) groups is 1. The maximum absolute atomic E-state index is 12.8. The molecular formula is C19H18ClN3O. The molecule has 0 aromatic heterocycles. The van der Waals surface area contributed by atoms with E-state index in [9.17, 15) is 4.79 Å². The first-order valence-corrected chi connectivity index (χ1v) is 7.95. The summed E-state index contributed by atoms with van der Waals surface area (Å²) < 4.78 is 0. The molecule has 0 bridgehead atoms. The molecule has 5 heteroatoms. The number of likely N-dealkylation sites (N-methyl/N-ethyl adjacent to an activating group) is 1. The summed E-state index contributed by atoms with van der Waals surface area (Å²) in [6.07, 6.45) is 1.73. The van der Waals surface area contributed by atoms with Crippen molar-refractivity contribution in [2.24, 2.45) is 4.99 Å². The van der Waals surface area contributed by atoms with Gasteiger partial charge in [-0.05, 0) is 18.2 Å². The number of anilines is 1. The summed E-state index contributed by atoms with van der Waals surface area (Å²) in [4.78, 5) is 20.9. The van der Waals surface area contributed by atoms with Crippen molar-refractivity contribution in [2.45, 2.75) is 0 Å². The number of rotatable bonds is 2. The summed E-state index contributed by atoms with van der Waals surface area (Å²) in [6, 6.07) is 15.3. The fourth-order valence-electron chi connectivity index (χ4n) is 2.64. The van der Waals surface area contributed by atoms with Gasteiger partial charge in [-0.2, -0.15) is 0 Å². The van der Waals surface area contributed by atoms with Crippen molar-refractivity contribution in [1.29, 1.82) is 0 Å². The highest BCUT2D eigenvalue weighted by Gasteiger charge is 2.26. The number of halogens is 1. The van der Waals surface area contributed by atoms with Crippen molar-refractivity contribution >= 4 is 28.9 Å². The van der Waals surface area contributed by atoms with Crippen LogP contribution in [-0.2, 0) is 4.79 Å². The molecule has 0 saturated heterocycles. The fraction of sp³-hybridized carbons (Fsp3) is 0.158. The topological polar surface area (TPSA) is 35.9 Å². The van der Waals surface area contributed by atoms with E-state index in [2.05, 4.69) is 4.99 Å². The van der Waals surface area contributed by atoms with Gasteiger partial charge in [0.2, 0.25) is 0 Å². The van der Waals surface area contributed by atoms with Crippen LogP contribution in [0.25, 0.3) is 0 Å². The highest BCUT2D eigenvalue weighted by Crippen LogP contribution is 2.31. The summed E-state index contributed by atoms with van der Waals surface area (Å²) in [6.45, 7) is 0. The predicted molar refractivity (Wildman–Crippen MR) is 98.7 cm³/mol. The molecule has 24 heavy (non-hydrogen) atoms. The van der Waals surface area contributed by atoms with E-state index in [1.807, 2.05) is 61.5 Å². The van der Waals surface area contributed by atoms with Crippen molar-refractivity contribution in [3.8, 4) is 0 Å². The third kappa shape index (κ3) is 3.05. The molecule has 1 aliphatic heterocycles. The Morgan fingerprint density at radius 3 is 2.50 bits per heavy atom. The first kappa shape index (κ1) is 16.3. The summed E-state index contributed by atoms with van der Waals surface area (Å²) in [5, 5.41) is 0.610. The average molecular weight is 340 g/mol. The molecule has 1 heterocycles. The number of hydrogen-bond acceptors (Lipinski definition) is 3. The molecular weight excluding hydrogens is 322 g/mol. The third-order valence-corrected chi connectivity index (χ3v) is 3.99. The SMILES string of the molecule is CN(C)/C=C1\N=C(c2ccccc2)c2cc(Cl)ccc2N(C)C1=O. The summed E-state index contributed by atoms with van der Waals surface area (Å²) >= 11 is 6.21. The normalized spacial score (nSPS) is 15.8. The van der Waals surface area contributed by atoms with Gasteiger partial charge < -0.3 is 9.80 Å². The van der Waals surface area contributed by atoms with Gasteiger partial charge in [0.15, 0.2) is 0 Å². The number of nitrogens with zero attached hydrogens (tertiary/aromatic N) is 3. The number of benzene rings is 2. The Bertz CT molecular complexity index is 841. The van der Waals surface area contributed by atoms with Gasteiger partial charge in [0.1, 0.15) is 5.70 Å². The van der Waals surface area contributed by atoms with Gasteiger partial charge in [0.25, 0.3) is 5.91 Å². The van der Waals surface area contributed by atoms with Gasteiger partial charge in [-0.25, -0.2) is 4.99 Å². The number of hydrogen-bond donors (Lipinski definition) is 0. The minimum absolute atomic E-state index is 0.154. The maximum Gasteiger partial charge on any atom is 0.278 e. The van der Waals surface area contributed by atoms with Crippen LogP contribution in [0, 0.1) is 0 Å².